The number of aliphatic hydroxyl groups is 2. The smallest absolute Gasteiger partial charge is 0.390 e. The van der Waals surface area contributed by atoms with Gasteiger partial charge in [0.25, 0.3) is 0 Å². The second-order valence-corrected chi connectivity index (χ2v) is 10.2. The van der Waals surface area contributed by atoms with E-state index in [0.717, 1.165) is 51.4 Å². The van der Waals surface area contributed by atoms with Crippen LogP contribution in [0.2, 0.25) is 0 Å². The Hall–Kier alpha value is -0.290. The van der Waals surface area contributed by atoms with Crippen LogP contribution in [-0.2, 0) is 0 Å². The molecule has 0 spiro atoms. The van der Waals surface area contributed by atoms with Crippen molar-refractivity contribution in [1.82, 2.24) is 0 Å². The fraction of sp³-hybridized carbons (Fsp3) is 1.00. The number of alkyl halides is 3. The molecule has 5 heteroatoms. The Morgan fingerprint density at radius 3 is 2.41 bits per heavy atom. The van der Waals surface area contributed by atoms with Crippen LogP contribution < -0.4 is 0 Å². The van der Waals surface area contributed by atoms with Crippen molar-refractivity contribution in [3.8, 4) is 0 Å². The molecule has 0 aromatic carbocycles. The third kappa shape index (κ3) is 4.05. The molecule has 3 aliphatic rings. The Morgan fingerprint density at radius 2 is 1.78 bits per heavy atom. The van der Waals surface area contributed by atoms with Crippen LogP contribution in [-0.4, -0.2) is 28.1 Å². The lowest BCUT2D eigenvalue weighted by atomic mass is 9.52. The highest BCUT2D eigenvalue weighted by Crippen LogP contribution is 2.64. The van der Waals surface area contributed by atoms with E-state index >= 15 is 0 Å². The standard InChI is InChI=1S/C22H37F3O2/c1-4-20(2,27)12-10-14-6-5-7-16-15(14)11-13-21(3)17(16)8-9-18(21)19(26)22(23,24)25/h14-19,26-27H,4-13H2,1-3H3/t14?,15-,16-,17+,18-,19?,20+,21+/m1/s1. The normalized spacial score (nSPS) is 42.9. The van der Waals surface area contributed by atoms with Crippen molar-refractivity contribution < 1.29 is 23.4 Å². The topological polar surface area (TPSA) is 40.5 Å². The van der Waals surface area contributed by atoms with Gasteiger partial charge in [-0.3, -0.25) is 0 Å². The van der Waals surface area contributed by atoms with E-state index in [1.807, 2.05) is 20.8 Å². The zero-order valence-corrected chi connectivity index (χ0v) is 17.1. The van der Waals surface area contributed by atoms with Crippen LogP contribution in [0.5, 0.6) is 0 Å². The van der Waals surface area contributed by atoms with Gasteiger partial charge in [0.2, 0.25) is 0 Å². The summed E-state index contributed by atoms with van der Waals surface area (Å²) in [5, 5.41) is 20.4. The minimum atomic E-state index is -4.51. The van der Waals surface area contributed by atoms with E-state index in [4.69, 9.17) is 0 Å². The SMILES string of the molecule is CC[C@](C)(O)CCC1CCC[C@@H]2[C@@H]1CC[C@]1(C)[C@@H](C(O)C(F)(F)F)CC[C@@H]21. The first-order valence-electron chi connectivity index (χ1n) is 11.0. The van der Waals surface area contributed by atoms with E-state index in [1.165, 1.54) is 6.42 Å². The molecule has 0 saturated heterocycles. The molecule has 158 valence electrons. The van der Waals surface area contributed by atoms with Gasteiger partial charge in [-0.05, 0) is 93.3 Å². The number of rotatable bonds is 5. The maximum atomic E-state index is 13.2. The Labute approximate surface area is 161 Å². The van der Waals surface area contributed by atoms with E-state index in [1.54, 1.807) is 0 Å². The second-order valence-electron chi connectivity index (χ2n) is 10.2. The lowest BCUT2D eigenvalue weighted by Gasteiger charge is -2.53. The molecule has 0 aliphatic heterocycles. The molecule has 0 heterocycles. The van der Waals surface area contributed by atoms with Crippen molar-refractivity contribution in [2.24, 2.45) is 35.0 Å². The third-order valence-corrected chi connectivity index (χ3v) is 8.82. The molecule has 0 aromatic rings. The number of hydrogen-bond acceptors (Lipinski definition) is 2. The molecule has 2 N–H and O–H groups in total. The average molecular weight is 391 g/mol. The first kappa shape index (κ1) is 21.4. The predicted octanol–water partition coefficient (Wildman–Crippen LogP) is 5.71. The first-order valence-corrected chi connectivity index (χ1v) is 11.0. The molecule has 3 rings (SSSR count). The van der Waals surface area contributed by atoms with E-state index in [2.05, 4.69) is 0 Å². The molecule has 2 unspecified atom stereocenters. The quantitative estimate of drug-likeness (QED) is 0.631. The molecule has 0 bridgehead atoms. The fourth-order valence-corrected chi connectivity index (χ4v) is 6.97. The third-order valence-electron chi connectivity index (χ3n) is 8.82. The van der Waals surface area contributed by atoms with Gasteiger partial charge in [0, 0.05) is 0 Å². The molecule has 0 amide bonds. The van der Waals surface area contributed by atoms with E-state index in [9.17, 15) is 23.4 Å². The number of hydrogen-bond donors (Lipinski definition) is 2. The highest BCUT2D eigenvalue weighted by atomic mass is 19.4. The first-order chi connectivity index (χ1) is 12.5. The molecule has 3 fully saturated rings. The zero-order valence-electron chi connectivity index (χ0n) is 17.1. The van der Waals surface area contributed by atoms with Crippen molar-refractivity contribution in [3.05, 3.63) is 0 Å². The summed E-state index contributed by atoms with van der Waals surface area (Å²) >= 11 is 0. The largest absolute Gasteiger partial charge is 0.414 e. The highest BCUT2D eigenvalue weighted by molar-refractivity contribution is 5.06. The summed E-state index contributed by atoms with van der Waals surface area (Å²) in [4.78, 5) is 0. The van der Waals surface area contributed by atoms with Gasteiger partial charge in [0.05, 0.1) is 5.60 Å². The van der Waals surface area contributed by atoms with Crippen molar-refractivity contribution in [2.75, 3.05) is 0 Å². The van der Waals surface area contributed by atoms with Crippen LogP contribution in [0.4, 0.5) is 13.2 Å². The maximum absolute atomic E-state index is 13.2. The van der Waals surface area contributed by atoms with Gasteiger partial charge in [-0.25, -0.2) is 0 Å². The van der Waals surface area contributed by atoms with Crippen molar-refractivity contribution in [1.29, 1.82) is 0 Å². The van der Waals surface area contributed by atoms with Crippen LogP contribution in [0.15, 0.2) is 0 Å². The summed E-state index contributed by atoms with van der Waals surface area (Å²) < 4.78 is 39.6. The zero-order chi connectivity index (χ0) is 20.0. The molecule has 8 atom stereocenters. The summed E-state index contributed by atoms with van der Waals surface area (Å²) in [5.41, 5.74) is -0.988. The van der Waals surface area contributed by atoms with E-state index in [0.29, 0.717) is 30.1 Å². The maximum Gasteiger partial charge on any atom is 0.414 e. The van der Waals surface area contributed by atoms with Crippen LogP contribution in [0.3, 0.4) is 0 Å². The summed E-state index contributed by atoms with van der Waals surface area (Å²) in [7, 11) is 0. The molecular weight excluding hydrogens is 353 g/mol. The molecule has 2 nitrogen and oxygen atoms in total. The number of aliphatic hydroxyl groups excluding tert-OH is 1. The van der Waals surface area contributed by atoms with Crippen molar-refractivity contribution >= 4 is 0 Å². The molecular formula is C22H37F3O2. The minimum absolute atomic E-state index is 0.313. The Balaban J connectivity index is 1.72. The summed E-state index contributed by atoms with van der Waals surface area (Å²) in [6.45, 7) is 5.94. The minimum Gasteiger partial charge on any atom is -0.390 e. The second kappa shape index (κ2) is 7.51. The fourth-order valence-electron chi connectivity index (χ4n) is 6.97. The highest BCUT2D eigenvalue weighted by Gasteiger charge is 2.60. The molecule has 3 saturated carbocycles. The van der Waals surface area contributed by atoms with Crippen molar-refractivity contribution in [3.63, 3.8) is 0 Å². The Morgan fingerprint density at radius 1 is 1.07 bits per heavy atom. The molecule has 0 aromatic heterocycles. The van der Waals surface area contributed by atoms with Crippen LogP contribution in [0.25, 0.3) is 0 Å². The van der Waals surface area contributed by atoms with Crippen LogP contribution >= 0.6 is 0 Å². The van der Waals surface area contributed by atoms with Crippen LogP contribution in [0, 0.1) is 35.0 Å². The summed E-state index contributed by atoms with van der Waals surface area (Å²) in [5.74, 6) is 1.35. The van der Waals surface area contributed by atoms with Gasteiger partial charge in [0.15, 0.2) is 6.10 Å². The van der Waals surface area contributed by atoms with Gasteiger partial charge < -0.3 is 10.2 Å². The summed E-state index contributed by atoms with van der Waals surface area (Å²) in [6, 6.07) is 0. The average Bonchev–Trinajstić information content (AvgIpc) is 2.95. The van der Waals surface area contributed by atoms with E-state index in [-0.39, 0.29) is 5.41 Å². The lowest BCUT2D eigenvalue weighted by molar-refractivity contribution is -0.233. The molecule has 27 heavy (non-hydrogen) atoms. The van der Waals surface area contributed by atoms with Gasteiger partial charge in [-0.15, -0.1) is 0 Å². The molecule has 0 radical (unpaired) electrons. The monoisotopic (exact) mass is 390 g/mol. The van der Waals surface area contributed by atoms with Gasteiger partial charge >= 0.3 is 6.18 Å². The lowest BCUT2D eigenvalue weighted by Crippen LogP contribution is -2.49. The van der Waals surface area contributed by atoms with Gasteiger partial charge in [-0.1, -0.05) is 26.7 Å². The predicted molar refractivity (Wildman–Crippen MR) is 100 cm³/mol. The Bertz CT molecular complexity index is 518. The Kier molecular flexibility index (Phi) is 5.96. The van der Waals surface area contributed by atoms with Crippen LogP contribution in [0.1, 0.15) is 85.0 Å². The van der Waals surface area contributed by atoms with Gasteiger partial charge in [-0.2, -0.15) is 13.2 Å². The molecule has 3 aliphatic carbocycles. The number of fused-ring (bicyclic) bond motifs is 3. The van der Waals surface area contributed by atoms with Crippen molar-refractivity contribution in [2.45, 2.75) is 103 Å². The number of halogens is 3. The van der Waals surface area contributed by atoms with Gasteiger partial charge in [0.1, 0.15) is 0 Å². The summed E-state index contributed by atoms with van der Waals surface area (Å²) in [6.07, 6.45) is 2.49. The van der Waals surface area contributed by atoms with E-state index < -0.39 is 23.8 Å².